The molecular weight excluding hydrogens is 350 g/mol. The molecule has 0 amide bonds. The van der Waals surface area contributed by atoms with Gasteiger partial charge >= 0.3 is 0 Å². The number of aromatic hydroxyl groups is 1. The minimum atomic E-state index is -3.61. The van der Waals surface area contributed by atoms with Gasteiger partial charge in [-0.15, -0.1) is 0 Å². The fraction of sp³-hybridized carbons (Fsp3) is 0. The van der Waals surface area contributed by atoms with Crippen LogP contribution in [0.3, 0.4) is 0 Å². The number of nitrogens with one attached hydrogen (secondary N) is 2. The molecule has 0 spiro atoms. The predicted molar refractivity (Wildman–Crippen MR) is 103 cm³/mol. The average Bonchev–Trinajstić information content (AvgIpc) is 2.65. The Morgan fingerprint density at radius 1 is 0.808 bits per heavy atom. The fourth-order valence-corrected chi connectivity index (χ4v) is 3.28. The molecule has 0 saturated heterocycles. The average molecular weight is 367 g/mol. The number of phenolic OH excluding ortho intramolecular Hbond substituents is 1. The quantitative estimate of drug-likeness (QED) is 0.458. The van der Waals surface area contributed by atoms with E-state index in [-0.39, 0.29) is 10.6 Å². The van der Waals surface area contributed by atoms with Crippen LogP contribution in [-0.4, -0.2) is 19.7 Å². The Balaban J connectivity index is 1.65. The van der Waals surface area contributed by atoms with Crippen molar-refractivity contribution in [3.63, 3.8) is 0 Å². The number of hydrogen-bond acceptors (Lipinski definition) is 5. The smallest absolute Gasteiger partial charge is 0.261 e. The second-order valence-electron chi connectivity index (χ2n) is 5.42. The van der Waals surface area contributed by atoms with E-state index in [1.54, 1.807) is 66.7 Å². The van der Waals surface area contributed by atoms with Gasteiger partial charge in [-0.25, -0.2) is 8.42 Å². The minimum Gasteiger partial charge on any atom is -0.507 e. The van der Waals surface area contributed by atoms with Gasteiger partial charge in [0.15, 0.2) is 0 Å². The summed E-state index contributed by atoms with van der Waals surface area (Å²) in [6.45, 7) is 0. The summed E-state index contributed by atoms with van der Waals surface area (Å²) in [6, 6.07) is 21.7. The molecule has 3 aromatic rings. The summed E-state index contributed by atoms with van der Waals surface area (Å²) in [6.07, 6.45) is 1.50. The van der Waals surface area contributed by atoms with Crippen LogP contribution in [0.1, 0.15) is 5.56 Å². The van der Waals surface area contributed by atoms with E-state index in [2.05, 4.69) is 15.2 Å². The van der Waals surface area contributed by atoms with Gasteiger partial charge in [0.25, 0.3) is 10.0 Å². The highest BCUT2D eigenvalue weighted by Crippen LogP contribution is 2.18. The Bertz CT molecular complexity index is 1000. The van der Waals surface area contributed by atoms with E-state index in [9.17, 15) is 13.5 Å². The Kier molecular flexibility index (Phi) is 5.19. The van der Waals surface area contributed by atoms with Gasteiger partial charge in [0.2, 0.25) is 0 Å². The third-order valence-corrected chi connectivity index (χ3v) is 4.92. The number of phenols is 1. The van der Waals surface area contributed by atoms with E-state index in [0.29, 0.717) is 16.9 Å². The van der Waals surface area contributed by atoms with Crippen molar-refractivity contribution in [1.82, 2.24) is 0 Å². The standard InChI is InChI=1S/C19H17N3O3S/c23-19-9-5-4-6-15(19)14-20-21-16-10-12-17(13-11-16)22-26(24,25)18-7-2-1-3-8-18/h1-14,21-23H/b20-14+. The molecule has 0 unspecified atom stereocenters. The van der Waals surface area contributed by atoms with Crippen LogP contribution in [0.5, 0.6) is 5.75 Å². The lowest BCUT2D eigenvalue weighted by atomic mass is 10.2. The number of rotatable bonds is 6. The summed E-state index contributed by atoms with van der Waals surface area (Å²) in [5.41, 5.74) is 4.54. The minimum absolute atomic E-state index is 0.142. The van der Waals surface area contributed by atoms with Crippen molar-refractivity contribution >= 4 is 27.6 Å². The summed E-state index contributed by atoms with van der Waals surface area (Å²) in [4.78, 5) is 0.203. The van der Waals surface area contributed by atoms with Gasteiger partial charge < -0.3 is 5.11 Å². The van der Waals surface area contributed by atoms with Crippen LogP contribution < -0.4 is 10.1 Å². The molecule has 0 aliphatic carbocycles. The van der Waals surface area contributed by atoms with Crippen molar-refractivity contribution in [3.8, 4) is 5.75 Å². The molecule has 3 rings (SSSR count). The zero-order valence-corrected chi connectivity index (χ0v) is 14.5. The lowest BCUT2D eigenvalue weighted by molar-refractivity contribution is 0.474. The first kappa shape index (κ1) is 17.5. The summed E-state index contributed by atoms with van der Waals surface area (Å²) in [5, 5.41) is 13.7. The highest BCUT2D eigenvalue weighted by molar-refractivity contribution is 7.92. The molecule has 7 heteroatoms. The Morgan fingerprint density at radius 2 is 1.42 bits per heavy atom. The molecular formula is C19H17N3O3S. The Morgan fingerprint density at radius 3 is 2.12 bits per heavy atom. The maximum Gasteiger partial charge on any atom is 0.261 e. The van der Waals surface area contributed by atoms with Crippen LogP contribution in [0.2, 0.25) is 0 Å². The van der Waals surface area contributed by atoms with Gasteiger partial charge in [0.05, 0.1) is 16.8 Å². The zero-order chi connectivity index (χ0) is 18.4. The number of hydrogen-bond donors (Lipinski definition) is 3. The molecule has 0 fully saturated rings. The van der Waals surface area contributed by atoms with Crippen LogP contribution >= 0.6 is 0 Å². The zero-order valence-electron chi connectivity index (χ0n) is 13.7. The number of anilines is 2. The summed E-state index contributed by atoms with van der Waals surface area (Å²) in [7, 11) is -3.61. The van der Waals surface area contributed by atoms with Crippen molar-refractivity contribution in [1.29, 1.82) is 0 Å². The Labute approximate surface area is 151 Å². The summed E-state index contributed by atoms with van der Waals surface area (Å²) in [5.74, 6) is 0.142. The molecule has 0 atom stereocenters. The van der Waals surface area contributed by atoms with E-state index in [1.807, 2.05) is 0 Å². The van der Waals surface area contributed by atoms with Crippen LogP contribution in [0.15, 0.2) is 88.9 Å². The fourth-order valence-electron chi connectivity index (χ4n) is 2.20. The number of para-hydroxylation sites is 1. The maximum atomic E-state index is 12.3. The van der Waals surface area contributed by atoms with Crippen LogP contribution in [0.25, 0.3) is 0 Å². The largest absolute Gasteiger partial charge is 0.507 e. The molecule has 0 aliphatic rings. The van der Waals surface area contributed by atoms with Gasteiger partial charge in [0, 0.05) is 11.3 Å². The molecule has 6 nitrogen and oxygen atoms in total. The predicted octanol–water partition coefficient (Wildman–Crippen LogP) is 3.64. The molecule has 132 valence electrons. The SMILES string of the molecule is O=S(=O)(Nc1ccc(N/N=C/c2ccccc2O)cc1)c1ccccc1. The Hall–Kier alpha value is -3.32. The topological polar surface area (TPSA) is 90.8 Å². The second-order valence-corrected chi connectivity index (χ2v) is 7.11. The van der Waals surface area contributed by atoms with E-state index < -0.39 is 10.0 Å². The number of benzene rings is 3. The maximum absolute atomic E-state index is 12.3. The van der Waals surface area contributed by atoms with Crippen LogP contribution in [-0.2, 0) is 10.0 Å². The first-order valence-corrected chi connectivity index (χ1v) is 9.28. The molecule has 0 aromatic heterocycles. The second kappa shape index (κ2) is 7.71. The van der Waals surface area contributed by atoms with E-state index >= 15 is 0 Å². The number of sulfonamides is 1. The van der Waals surface area contributed by atoms with Crippen molar-refractivity contribution < 1.29 is 13.5 Å². The van der Waals surface area contributed by atoms with Crippen LogP contribution in [0, 0.1) is 0 Å². The van der Waals surface area contributed by atoms with Crippen molar-refractivity contribution in [2.75, 3.05) is 10.1 Å². The first-order chi connectivity index (χ1) is 12.5. The van der Waals surface area contributed by atoms with Crippen LogP contribution in [0.4, 0.5) is 11.4 Å². The lowest BCUT2D eigenvalue weighted by Gasteiger charge is -2.08. The molecule has 0 saturated carbocycles. The van der Waals surface area contributed by atoms with Gasteiger partial charge in [-0.1, -0.05) is 30.3 Å². The van der Waals surface area contributed by atoms with Gasteiger partial charge in [-0.2, -0.15) is 5.10 Å². The lowest BCUT2D eigenvalue weighted by Crippen LogP contribution is -2.12. The highest BCUT2D eigenvalue weighted by atomic mass is 32.2. The van der Waals surface area contributed by atoms with Crippen molar-refractivity contribution in [3.05, 3.63) is 84.4 Å². The monoisotopic (exact) mass is 367 g/mol. The third-order valence-electron chi connectivity index (χ3n) is 3.52. The van der Waals surface area contributed by atoms with Crippen molar-refractivity contribution in [2.24, 2.45) is 5.10 Å². The molecule has 26 heavy (non-hydrogen) atoms. The molecule has 0 bridgehead atoms. The molecule has 0 aliphatic heterocycles. The number of nitrogens with zero attached hydrogens (tertiary/aromatic N) is 1. The normalized spacial score (nSPS) is 11.4. The molecule has 0 radical (unpaired) electrons. The molecule has 3 aromatic carbocycles. The van der Waals surface area contributed by atoms with E-state index in [1.165, 1.54) is 18.3 Å². The van der Waals surface area contributed by atoms with E-state index in [0.717, 1.165) is 0 Å². The summed E-state index contributed by atoms with van der Waals surface area (Å²) < 4.78 is 27.1. The first-order valence-electron chi connectivity index (χ1n) is 7.80. The van der Waals surface area contributed by atoms with Gasteiger partial charge in [-0.3, -0.25) is 10.1 Å². The number of hydrazone groups is 1. The van der Waals surface area contributed by atoms with E-state index in [4.69, 9.17) is 0 Å². The summed E-state index contributed by atoms with van der Waals surface area (Å²) >= 11 is 0. The van der Waals surface area contributed by atoms with Gasteiger partial charge in [-0.05, 0) is 48.5 Å². The van der Waals surface area contributed by atoms with Gasteiger partial charge in [0.1, 0.15) is 5.75 Å². The molecule has 0 heterocycles. The highest BCUT2D eigenvalue weighted by Gasteiger charge is 2.12. The van der Waals surface area contributed by atoms with Crippen molar-refractivity contribution in [2.45, 2.75) is 4.90 Å². The third kappa shape index (κ3) is 4.40. The molecule has 3 N–H and O–H groups in total.